The molecule has 0 unspecified atom stereocenters. The van der Waals surface area contributed by atoms with Gasteiger partial charge in [0.25, 0.3) is 6.43 Å². The van der Waals surface area contributed by atoms with Crippen molar-refractivity contribution in [3.8, 4) is 0 Å². The SMILES string of the molecule is O=C(O)c1ccc2scc(C(F)F)c2c1. The van der Waals surface area contributed by atoms with E-state index in [9.17, 15) is 13.6 Å². The number of carbonyl (C=O) groups is 1. The Morgan fingerprint density at radius 2 is 2.13 bits per heavy atom. The van der Waals surface area contributed by atoms with E-state index >= 15 is 0 Å². The molecule has 1 aromatic carbocycles. The van der Waals surface area contributed by atoms with Crippen LogP contribution in [0, 0.1) is 0 Å². The van der Waals surface area contributed by atoms with Crippen molar-refractivity contribution in [1.82, 2.24) is 0 Å². The summed E-state index contributed by atoms with van der Waals surface area (Å²) in [7, 11) is 0. The van der Waals surface area contributed by atoms with Gasteiger partial charge < -0.3 is 5.11 Å². The minimum atomic E-state index is -2.57. The fourth-order valence-electron chi connectivity index (χ4n) is 1.35. The lowest BCUT2D eigenvalue weighted by molar-refractivity contribution is 0.0697. The van der Waals surface area contributed by atoms with Crippen LogP contribution in [0.4, 0.5) is 8.78 Å². The number of benzene rings is 1. The highest BCUT2D eigenvalue weighted by molar-refractivity contribution is 7.17. The van der Waals surface area contributed by atoms with Crippen molar-refractivity contribution >= 4 is 27.4 Å². The van der Waals surface area contributed by atoms with Gasteiger partial charge in [-0.3, -0.25) is 0 Å². The smallest absolute Gasteiger partial charge is 0.335 e. The van der Waals surface area contributed by atoms with Gasteiger partial charge in [0.05, 0.1) is 5.56 Å². The summed E-state index contributed by atoms with van der Waals surface area (Å²) in [5.41, 5.74) is -0.0686. The Labute approximate surface area is 87.8 Å². The van der Waals surface area contributed by atoms with Crippen LogP contribution in [0.2, 0.25) is 0 Å². The molecular formula is C10H6F2O2S. The number of hydrogen-bond acceptors (Lipinski definition) is 2. The average Bonchev–Trinajstić information content (AvgIpc) is 2.59. The molecule has 2 aromatic rings. The van der Waals surface area contributed by atoms with Crippen LogP contribution >= 0.6 is 11.3 Å². The molecule has 2 nitrogen and oxygen atoms in total. The third-order valence-corrected chi connectivity index (χ3v) is 3.07. The maximum Gasteiger partial charge on any atom is 0.335 e. The zero-order valence-electron chi connectivity index (χ0n) is 7.41. The Kier molecular flexibility index (Phi) is 2.40. The van der Waals surface area contributed by atoms with Gasteiger partial charge in [-0.25, -0.2) is 13.6 Å². The summed E-state index contributed by atoms with van der Waals surface area (Å²) in [5, 5.41) is 10.4. The third-order valence-electron chi connectivity index (χ3n) is 2.09. The van der Waals surface area contributed by atoms with Crippen LogP contribution in [0.15, 0.2) is 23.6 Å². The topological polar surface area (TPSA) is 37.3 Å². The lowest BCUT2D eigenvalue weighted by Crippen LogP contribution is -1.95. The van der Waals surface area contributed by atoms with Crippen LogP contribution < -0.4 is 0 Å². The molecule has 1 heterocycles. The first-order chi connectivity index (χ1) is 7.09. The number of carboxylic acid groups (broad SMARTS) is 1. The first-order valence-corrected chi connectivity index (χ1v) is 5.00. The molecule has 0 atom stereocenters. The summed E-state index contributed by atoms with van der Waals surface area (Å²) in [5.74, 6) is -1.11. The van der Waals surface area contributed by atoms with E-state index < -0.39 is 12.4 Å². The Morgan fingerprint density at radius 1 is 1.40 bits per heavy atom. The fraction of sp³-hybridized carbons (Fsp3) is 0.100. The number of carboxylic acids is 1. The highest BCUT2D eigenvalue weighted by atomic mass is 32.1. The van der Waals surface area contributed by atoms with E-state index in [-0.39, 0.29) is 11.1 Å². The number of thiophene rings is 1. The second-order valence-electron chi connectivity index (χ2n) is 3.01. The van der Waals surface area contributed by atoms with Gasteiger partial charge in [0, 0.05) is 21.0 Å². The van der Waals surface area contributed by atoms with Crippen LogP contribution in [-0.4, -0.2) is 11.1 Å². The predicted octanol–water partition coefficient (Wildman–Crippen LogP) is 3.54. The summed E-state index contributed by atoms with van der Waals surface area (Å²) in [4.78, 5) is 10.7. The monoisotopic (exact) mass is 228 g/mol. The minimum absolute atomic E-state index is 0.0304. The average molecular weight is 228 g/mol. The summed E-state index contributed by atoms with van der Waals surface area (Å²) < 4.78 is 25.7. The maximum atomic E-state index is 12.5. The van der Waals surface area contributed by atoms with Crippen molar-refractivity contribution in [2.24, 2.45) is 0 Å². The molecule has 15 heavy (non-hydrogen) atoms. The molecule has 78 valence electrons. The van der Waals surface area contributed by atoms with Gasteiger partial charge in [-0.15, -0.1) is 11.3 Å². The first kappa shape index (κ1) is 10.0. The van der Waals surface area contributed by atoms with E-state index in [1.54, 1.807) is 6.07 Å². The van der Waals surface area contributed by atoms with E-state index in [1.165, 1.54) is 28.8 Å². The van der Waals surface area contributed by atoms with Gasteiger partial charge in [-0.05, 0) is 18.2 Å². The number of alkyl halides is 2. The predicted molar refractivity (Wildman–Crippen MR) is 53.7 cm³/mol. The Morgan fingerprint density at radius 3 is 2.73 bits per heavy atom. The maximum absolute atomic E-state index is 12.5. The number of halogens is 2. The molecular weight excluding hydrogens is 222 g/mol. The normalized spacial score (nSPS) is 11.1. The van der Waals surface area contributed by atoms with Crippen LogP contribution in [0.1, 0.15) is 22.3 Å². The van der Waals surface area contributed by atoms with Gasteiger partial charge in [0.15, 0.2) is 0 Å². The van der Waals surface area contributed by atoms with Crippen LogP contribution in [0.3, 0.4) is 0 Å². The van der Waals surface area contributed by atoms with Crippen LogP contribution in [0.25, 0.3) is 10.1 Å². The number of aromatic carboxylic acids is 1. The third kappa shape index (κ3) is 1.70. The van der Waals surface area contributed by atoms with Gasteiger partial charge in [0.1, 0.15) is 0 Å². The van der Waals surface area contributed by atoms with Crippen molar-refractivity contribution < 1.29 is 18.7 Å². The molecule has 0 bridgehead atoms. The molecule has 0 amide bonds. The van der Waals surface area contributed by atoms with Gasteiger partial charge in [0.2, 0.25) is 0 Å². The van der Waals surface area contributed by atoms with E-state index in [0.717, 1.165) is 0 Å². The highest BCUT2D eigenvalue weighted by Crippen LogP contribution is 2.33. The molecule has 0 spiro atoms. The lowest BCUT2D eigenvalue weighted by atomic mass is 10.1. The molecule has 1 aromatic heterocycles. The second kappa shape index (κ2) is 3.58. The van der Waals surface area contributed by atoms with Crippen LogP contribution in [0.5, 0.6) is 0 Å². The molecule has 0 saturated heterocycles. The zero-order valence-corrected chi connectivity index (χ0v) is 8.22. The van der Waals surface area contributed by atoms with Gasteiger partial charge >= 0.3 is 5.97 Å². The molecule has 0 aliphatic rings. The standard InChI is InChI=1S/C10H6F2O2S/c11-9(12)7-4-15-8-2-1-5(10(13)14)3-6(7)8/h1-4,9H,(H,13,14). The summed E-state index contributed by atoms with van der Waals surface area (Å²) in [6.07, 6.45) is -2.57. The van der Waals surface area contributed by atoms with Crippen molar-refractivity contribution in [2.45, 2.75) is 6.43 Å². The molecule has 5 heteroatoms. The van der Waals surface area contributed by atoms with Crippen molar-refractivity contribution in [3.63, 3.8) is 0 Å². The molecule has 0 aliphatic carbocycles. The molecule has 0 radical (unpaired) electrons. The second-order valence-corrected chi connectivity index (χ2v) is 3.92. The number of rotatable bonds is 2. The van der Waals surface area contributed by atoms with E-state index in [4.69, 9.17) is 5.11 Å². The number of fused-ring (bicyclic) bond motifs is 1. The van der Waals surface area contributed by atoms with E-state index in [0.29, 0.717) is 10.1 Å². The largest absolute Gasteiger partial charge is 0.478 e. The van der Waals surface area contributed by atoms with Crippen molar-refractivity contribution in [3.05, 3.63) is 34.7 Å². The summed E-state index contributed by atoms with van der Waals surface area (Å²) in [6, 6.07) is 4.25. The molecule has 0 aliphatic heterocycles. The van der Waals surface area contributed by atoms with Gasteiger partial charge in [-0.1, -0.05) is 0 Å². The number of hydrogen-bond donors (Lipinski definition) is 1. The Balaban J connectivity index is 2.66. The first-order valence-electron chi connectivity index (χ1n) is 4.12. The molecule has 1 N–H and O–H groups in total. The zero-order chi connectivity index (χ0) is 11.0. The van der Waals surface area contributed by atoms with Gasteiger partial charge in [-0.2, -0.15) is 0 Å². The fourth-order valence-corrected chi connectivity index (χ4v) is 2.28. The molecule has 2 rings (SSSR count). The Bertz CT molecular complexity index is 519. The Hall–Kier alpha value is -1.49. The quantitative estimate of drug-likeness (QED) is 0.853. The van der Waals surface area contributed by atoms with E-state index in [1.807, 2.05) is 0 Å². The van der Waals surface area contributed by atoms with Crippen molar-refractivity contribution in [2.75, 3.05) is 0 Å². The summed E-state index contributed by atoms with van der Waals surface area (Å²) in [6.45, 7) is 0. The summed E-state index contributed by atoms with van der Waals surface area (Å²) >= 11 is 1.19. The van der Waals surface area contributed by atoms with Crippen molar-refractivity contribution in [1.29, 1.82) is 0 Å². The lowest BCUT2D eigenvalue weighted by Gasteiger charge is -1.98. The molecule has 0 saturated carbocycles. The molecule has 0 fully saturated rings. The van der Waals surface area contributed by atoms with E-state index in [2.05, 4.69) is 0 Å². The minimum Gasteiger partial charge on any atom is -0.478 e. The highest BCUT2D eigenvalue weighted by Gasteiger charge is 2.14. The van der Waals surface area contributed by atoms with Crippen LogP contribution in [-0.2, 0) is 0 Å².